The molecule has 3 heterocycles. The largest absolute Gasteiger partial charge is 0.376 e. The second-order valence-corrected chi connectivity index (χ2v) is 15.7. The van der Waals surface area contributed by atoms with E-state index in [1.807, 2.05) is 0 Å². The fraction of sp³-hybridized carbons (Fsp3) is 0.0588. The maximum absolute atomic E-state index is 2.65. The fourth-order valence-corrected chi connectivity index (χ4v) is 10.2. The summed E-state index contributed by atoms with van der Waals surface area (Å²) < 4.78 is 2.65. The molecule has 0 bridgehead atoms. The predicted molar refractivity (Wildman–Crippen MR) is 228 cm³/mol. The van der Waals surface area contributed by atoms with Crippen LogP contribution in [0.2, 0.25) is 0 Å². The lowest BCUT2D eigenvalue weighted by Gasteiger charge is -2.42. The third-order valence-electron chi connectivity index (χ3n) is 12.5. The van der Waals surface area contributed by atoms with Gasteiger partial charge in [-0.1, -0.05) is 153 Å². The van der Waals surface area contributed by atoms with Gasteiger partial charge in [0.15, 0.2) is 0 Å². The molecule has 2 nitrogen and oxygen atoms in total. The summed E-state index contributed by atoms with van der Waals surface area (Å²) in [5, 5.41) is 3.86. The number of benzene rings is 8. The van der Waals surface area contributed by atoms with E-state index in [0.29, 0.717) is 0 Å². The van der Waals surface area contributed by atoms with Crippen LogP contribution in [0.1, 0.15) is 25.0 Å². The van der Waals surface area contributed by atoms with E-state index >= 15 is 0 Å². The van der Waals surface area contributed by atoms with Crippen LogP contribution in [0.4, 0.5) is 11.4 Å². The minimum atomic E-state index is -0.137. The summed E-state index contributed by atoms with van der Waals surface area (Å²) in [5.74, 6) is 0. The molecule has 54 heavy (non-hydrogen) atoms. The van der Waals surface area contributed by atoms with Crippen molar-refractivity contribution in [3.8, 4) is 50.3 Å². The van der Waals surface area contributed by atoms with Gasteiger partial charge in [0.2, 0.25) is 0 Å². The van der Waals surface area contributed by atoms with E-state index in [2.05, 4.69) is 199 Å². The number of fused-ring (bicyclic) bond motifs is 10. The Bertz CT molecular complexity index is 3010. The molecule has 0 fully saturated rings. The van der Waals surface area contributed by atoms with Gasteiger partial charge in [-0.05, 0) is 97.0 Å². The topological polar surface area (TPSA) is 8.17 Å². The number of hydrogen-bond donors (Lipinski definition) is 0. The average Bonchev–Trinajstić information content (AvgIpc) is 3.70. The van der Waals surface area contributed by atoms with Gasteiger partial charge in [0.25, 0.3) is 0 Å². The van der Waals surface area contributed by atoms with E-state index in [0.717, 1.165) is 0 Å². The smallest absolute Gasteiger partial charge is 0.333 e. The van der Waals surface area contributed by atoms with Gasteiger partial charge in [0.05, 0.1) is 11.2 Å². The lowest BCUT2D eigenvalue weighted by atomic mass is 9.43. The Morgan fingerprint density at radius 1 is 0.481 bits per heavy atom. The summed E-state index contributed by atoms with van der Waals surface area (Å²) in [5.41, 5.74) is 20.6. The van der Waals surface area contributed by atoms with Crippen LogP contribution in [0.15, 0.2) is 176 Å². The van der Waals surface area contributed by atoms with Crippen molar-refractivity contribution in [2.24, 2.45) is 0 Å². The van der Waals surface area contributed by atoms with Crippen molar-refractivity contribution in [3.05, 3.63) is 187 Å². The van der Waals surface area contributed by atoms with Gasteiger partial charge in [-0.2, -0.15) is 0 Å². The second kappa shape index (κ2) is 10.7. The first-order valence-electron chi connectivity index (χ1n) is 19.1. The first-order valence-corrected chi connectivity index (χ1v) is 19.1. The van der Waals surface area contributed by atoms with E-state index in [4.69, 9.17) is 0 Å². The second-order valence-electron chi connectivity index (χ2n) is 15.7. The standard InChI is InChI=1S/C51H35BN2/c1-51(2)43-22-12-11-20-39(43)50-47(51)40-21-13-23-44-49(40)53(50)46-31-37(33-16-7-4-8-17-33)29-42-41-28-35-18-9-10-19-36(35)30-45(41)54(52(44)48(42)46)38-26-24-34(25-27-38)32-14-5-3-6-15-32/h3-31H,1-2H3. The third kappa shape index (κ3) is 3.91. The zero-order valence-corrected chi connectivity index (χ0v) is 30.2. The molecule has 12 rings (SSSR count). The number of anilines is 2. The van der Waals surface area contributed by atoms with Crippen molar-refractivity contribution in [1.82, 2.24) is 4.57 Å². The molecule has 0 saturated heterocycles. The molecule has 0 atom stereocenters. The van der Waals surface area contributed by atoms with Crippen molar-refractivity contribution in [1.29, 1.82) is 0 Å². The van der Waals surface area contributed by atoms with Gasteiger partial charge in [-0.25, -0.2) is 0 Å². The van der Waals surface area contributed by atoms with Crippen LogP contribution in [0.3, 0.4) is 0 Å². The van der Waals surface area contributed by atoms with Crippen molar-refractivity contribution in [2.75, 3.05) is 4.81 Å². The highest BCUT2D eigenvalue weighted by Gasteiger charge is 2.48. The van der Waals surface area contributed by atoms with Crippen LogP contribution in [0, 0.1) is 0 Å². The highest BCUT2D eigenvalue weighted by atomic mass is 15.1. The van der Waals surface area contributed by atoms with Crippen LogP contribution in [-0.2, 0) is 5.41 Å². The molecule has 0 unspecified atom stereocenters. The average molecular weight is 687 g/mol. The molecule has 0 spiro atoms. The number of para-hydroxylation sites is 1. The van der Waals surface area contributed by atoms with Gasteiger partial charge in [-0.15, -0.1) is 0 Å². The Labute approximate surface area is 315 Å². The summed E-state index contributed by atoms with van der Waals surface area (Å²) in [7, 11) is 0. The van der Waals surface area contributed by atoms with E-state index in [-0.39, 0.29) is 12.3 Å². The highest BCUT2D eigenvalue weighted by molar-refractivity contribution is 6.93. The Morgan fingerprint density at radius 3 is 1.89 bits per heavy atom. The van der Waals surface area contributed by atoms with Crippen molar-refractivity contribution in [2.45, 2.75) is 19.3 Å². The Kier molecular flexibility index (Phi) is 5.96. The van der Waals surface area contributed by atoms with Gasteiger partial charge in [0, 0.05) is 39.0 Å². The molecule has 0 radical (unpaired) electrons. The fourth-order valence-electron chi connectivity index (χ4n) is 10.2. The molecule has 0 N–H and O–H groups in total. The van der Waals surface area contributed by atoms with Gasteiger partial charge >= 0.3 is 6.85 Å². The van der Waals surface area contributed by atoms with E-state index in [1.54, 1.807) is 0 Å². The number of nitrogens with zero attached hydrogens (tertiary/aromatic N) is 2. The molecular formula is C51H35BN2. The first-order chi connectivity index (χ1) is 26.6. The normalized spacial score (nSPS) is 14.2. The van der Waals surface area contributed by atoms with Crippen molar-refractivity contribution in [3.63, 3.8) is 0 Å². The van der Waals surface area contributed by atoms with E-state index in [9.17, 15) is 0 Å². The number of hydrogen-bond acceptors (Lipinski definition) is 1. The van der Waals surface area contributed by atoms with Crippen LogP contribution in [0.25, 0.3) is 72.0 Å². The molecule has 3 aliphatic rings. The SMILES string of the molecule is CC1(C)c2ccccc2-c2c1c1cccc3c1n2-c1cc(-c2ccccc2)cc2c1B3N(c1ccc(-c3ccccc3)cc1)c1cc3ccccc3cc1-2. The number of aromatic nitrogens is 1. The molecule has 0 saturated carbocycles. The molecular weight excluding hydrogens is 651 g/mol. The maximum atomic E-state index is 2.65. The summed E-state index contributed by atoms with van der Waals surface area (Å²) in [6.07, 6.45) is 0. The van der Waals surface area contributed by atoms with E-state index in [1.165, 1.54) is 105 Å². The lowest BCUT2D eigenvalue weighted by Crippen LogP contribution is -2.60. The van der Waals surface area contributed by atoms with Gasteiger partial charge in [-0.3, -0.25) is 0 Å². The molecule has 2 aliphatic heterocycles. The maximum Gasteiger partial charge on any atom is 0.333 e. The van der Waals surface area contributed by atoms with Crippen molar-refractivity contribution < 1.29 is 0 Å². The summed E-state index contributed by atoms with van der Waals surface area (Å²) in [6.45, 7) is 4.80. The zero-order valence-electron chi connectivity index (χ0n) is 30.2. The Hall–Kier alpha value is -6.58. The molecule has 0 amide bonds. The molecule has 1 aromatic heterocycles. The van der Waals surface area contributed by atoms with Crippen LogP contribution in [-0.4, -0.2) is 11.4 Å². The Morgan fingerprint density at radius 2 is 1.13 bits per heavy atom. The van der Waals surface area contributed by atoms with Crippen LogP contribution in [0.5, 0.6) is 0 Å². The predicted octanol–water partition coefficient (Wildman–Crippen LogP) is 11.7. The summed E-state index contributed by atoms with van der Waals surface area (Å²) in [4.78, 5) is 2.64. The van der Waals surface area contributed by atoms with Gasteiger partial charge < -0.3 is 9.38 Å². The molecule has 3 heteroatoms. The van der Waals surface area contributed by atoms with Crippen LogP contribution >= 0.6 is 0 Å². The quantitative estimate of drug-likeness (QED) is 0.168. The molecule has 9 aromatic rings. The molecule has 1 aliphatic carbocycles. The van der Waals surface area contributed by atoms with E-state index < -0.39 is 0 Å². The monoisotopic (exact) mass is 686 g/mol. The first kappa shape index (κ1) is 29.9. The lowest BCUT2D eigenvalue weighted by molar-refractivity contribution is 0.666. The summed E-state index contributed by atoms with van der Waals surface area (Å²) >= 11 is 0. The van der Waals surface area contributed by atoms with Gasteiger partial charge in [0.1, 0.15) is 0 Å². The molecule has 252 valence electrons. The van der Waals surface area contributed by atoms with Crippen LogP contribution < -0.4 is 15.7 Å². The highest BCUT2D eigenvalue weighted by Crippen LogP contribution is 2.55. The zero-order chi connectivity index (χ0) is 35.7. The Balaban J connectivity index is 1.23. The third-order valence-corrected chi connectivity index (χ3v) is 12.5. The minimum Gasteiger partial charge on any atom is -0.376 e. The summed E-state index contributed by atoms with van der Waals surface area (Å²) in [6, 6.07) is 65.7. The van der Waals surface area contributed by atoms with Crippen molar-refractivity contribution >= 4 is 50.8 Å². The number of rotatable bonds is 3. The molecule has 8 aromatic carbocycles. The minimum absolute atomic E-state index is 0.0272.